The molecule has 1 aliphatic rings. The molecule has 0 radical (unpaired) electrons. The summed E-state index contributed by atoms with van der Waals surface area (Å²) in [4.78, 5) is 4.27. The number of hydrogen-bond acceptors (Lipinski definition) is 3. The van der Waals surface area contributed by atoms with Crippen LogP contribution in [0.1, 0.15) is 18.4 Å². The van der Waals surface area contributed by atoms with Crippen molar-refractivity contribution in [1.82, 2.24) is 10.6 Å². The summed E-state index contributed by atoms with van der Waals surface area (Å²) in [6, 6.07) is 12.6. The molecule has 25 heavy (non-hydrogen) atoms. The molecule has 0 spiro atoms. The van der Waals surface area contributed by atoms with Gasteiger partial charge in [-0.1, -0.05) is 18.2 Å². The summed E-state index contributed by atoms with van der Waals surface area (Å²) < 4.78 is 10.9. The highest BCUT2D eigenvalue weighted by molar-refractivity contribution is 14.0. The maximum atomic E-state index is 5.62. The predicted molar refractivity (Wildman–Crippen MR) is 113 cm³/mol. The summed E-state index contributed by atoms with van der Waals surface area (Å²) in [5.74, 6) is 1.69. The number of benzene rings is 2. The smallest absolute Gasteiger partial charge is 0.191 e. The molecule has 2 aromatic rings. The van der Waals surface area contributed by atoms with E-state index in [-0.39, 0.29) is 24.0 Å². The summed E-state index contributed by atoms with van der Waals surface area (Å²) in [6.07, 6.45) is 2.58. The first kappa shape index (κ1) is 19.8. The number of ether oxygens (including phenoxy) is 2. The molecule has 1 fully saturated rings. The lowest BCUT2D eigenvalue weighted by molar-refractivity contribution is 0.114. The average Bonchev–Trinajstić information content (AvgIpc) is 3.14. The molecule has 2 N–H and O–H groups in total. The highest BCUT2D eigenvalue weighted by Crippen LogP contribution is 2.21. The summed E-state index contributed by atoms with van der Waals surface area (Å²) >= 11 is 0. The van der Waals surface area contributed by atoms with E-state index in [1.165, 1.54) is 16.3 Å². The second kappa shape index (κ2) is 9.82. The molecule has 5 nitrogen and oxygen atoms in total. The Morgan fingerprint density at radius 2 is 2.00 bits per heavy atom. The fourth-order valence-corrected chi connectivity index (χ4v) is 2.93. The molecule has 6 heteroatoms. The minimum atomic E-state index is 0. The lowest BCUT2D eigenvalue weighted by Crippen LogP contribution is -2.40. The van der Waals surface area contributed by atoms with Crippen molar-refractivity contribution >= 4 is 40.7 Å². The number of halogens is 1. The quantitative estimate of drug-likeness (QED) is 0.413. The van der Waals surface area contributed by atoms with Crippen molar-refractivity contribution in [3.63, 3.8) is 0 Å². The van der Waals surface area contributed by atoms with Crippen LogP contribution in [0.3, 0.4) is 0 Å². The average molecular weight is 455 g/mol. The molecule has 0 amide bonds. The largest absolute Gasteiger partial charge is 0.497 e. The number of nitrogens with one attached hydrogen (secondary N) is 2. The standard InChI is InChI=1S/C19H25N3O2.HI/c1-20-19(22-13-18-4-3-9-24-18)21-12-14-5-6-16-11-17(23-2)8-7-15(16)10-14;/h5-8,10-11,18H,3-4,9,12-13H2,1-2H3,(H2,20,21,22);1H. The van der Waals surface area contributed by atoms with Crippen LogP contribution >= 0.6 is 24.0 Å². The fraction of sp³-hybridized carbons (Fsp3) is 0.421. The third-order valence-corrected chi connectivity index (χ3v) is 4.32. The Labute approximate surface area is 166 Å². The maximum Gasteiger partial charge on any atom is 0.191 e. The highest BCUT2D eigenvalue weighted by atomic mass is 127. The number of rotatable bonds is 5. The first-order valence-corrected chi connectivity index (χ1v) is 8.41. The van der Waals surface area contributed by atoms with Gasteiger partial charge < -0.3 is 20.1 Å². The van der Waals surface area contributed by atoms with Crippen LogP contribution in [0.4, 0.5) is 0 Å². The number of hydrogen-bond donors (Lipinski definition) is 2. The Kier molecular flexibility index (Phi) is 7.77. The molecule has 0 aliphatic carbocycles. The van der Waals surface area contributed by atoms with Crippen LogP contribution in [0.5, 0.6) is 5.75 Å². The second-order valence-electron chi connectivity index (χ2n) is 5.99. The Balaban J connectivity index is 0.00000225. The van der Waals surface area contributed by atoms with Gasteiger partial charge in [0.05, 0.1) is 13.2 Å². The summed E-state index contributed by atoms with van der Waals surface area (Å²) in [7, 11) is 3.48. The molecule has 136 valence electrons. The molecule has 1 unspecified atom stereocenters. The predicted octanol–water partition coefficient (Wildman–Crippen LogP) is 3.31. The van der Waals surface area contributed by atoms with E-state index in [0.29, 0.717) is 6.10 Å². The minimum Gasteiger partial charge on any atom is -0.497 e. The summed E-state index contributed by atoms with van der Waals surface area (Å²) in [6.45, 7) is 2.41. The van der Waals surface area contributed by atoms with Crippen LogP contribution in [0.25, 0.3) is 10.8 Å². The SMILES string of the molecule is CN=C(NCc1ccc2cc(OC)ccc2c1)NCC1CCCO1.I. The van der Waals surface area contributed by atoms with Crippen LogP contribution in [0.15, 0.2) is 41.4 Å². The van der Waals surface area contributed by atoms with Gasteiger partial charge in [-0.05, 0) is 47.4 Å². The molecule has 1 aliphatic heterocycles. The van der Waals surface area contributed by atoms with Crippen LogP contribution in [-0.2, 0) is 11.3 Å². The number of methoxy groups -OCH3 is 1. The number of aliphatic imine (C=N–C) groups is 1. The van der Waals surface area contributed by atoms with Gasteiger partial charge in [-0.2, -0.15) is 0 Å². The van der Waals surface area contributed by atoms with E-state index < -0.39 is 0 Å². The van der Waals surface area contributed by atoms with Gasteiger partial charge in [-0.3, -0.25) is 4.99 Å². The molecule has 2 aromatic carbocycles. The Hall–Kier alpha value is -1.54. The van der Waals surface area contributed by atoms with Crippen LogP contribution in [0, 0.1) is 0 Å². The van der Waals surface area contributed by atoms with Crippen molar-refractivity contribution < 1.29 is 9.47 Å². The van der Waals surface area contributed by atoms with Gasteiger partial charge in [0.2, 0.25) is 0 Å². The fourth-order valence-electron chi connectivity index (χ4n) is 2.93. The van der Waals surface area contributed by atoms with Crippen LogP contribution in [0.2, 0.25) is 0 Å². The summed E-state index contributed by atoms with van der Waals surface area (Å²) in [5, 5.41) is 9.07. The van der Waals surface area contributed by atoms with Gasteiger partial charge in [0.15, 0.2) is 5.96 Å². The van der Waals surface area contributed by atoms with Crippen molar-refractivity contribution in [1.29, 1.82) is 0 Å². The third-order valence-electron chi connectivity index (χ3n) is 4.32. The molecule has 1 heterocycles. The van der Waals surface area contributed by atoms with Gasteiger partial charge in [0.25, 0.3) is 0 Å². The minimum absolute atomic E-state index is 0. The van der Waals surface area contributed by atoms with E-state index in [0.717, 1.165) is 44.2 Å². The topological polar surface area (TPSA) is 54.9 Å². The molecule has 0 saturated carbocycles. The van der Waals surface area contributed by atoms with E-state index >= 15 is 0 Å². The zero-order valence-electron chi connectivity index (χ0n) is 14.7. The Morgan fingerprint density at radius 3 is 2.72 bits per heavy atom. The second-order valence-corrected chi connectivity index (χ2v) is 5.99. The van der Waals surface area contributed by atoms with Gasteiger partial charge in [-0.15, -0.1) is 24.0 Å². The normalized spacial score (nSPS) is 17.2. The Morgan fingerprint density at radius 1 is 1.20 bits per heavy atom. The number of nitrogens with zero attached hydrogens (tertiary/aromatic N) is 1. The number of guanidine groups is 1. The van der Waals surface area contributed by atoms with E-state index in [2.05, 4.69) is 46.0 Å². The summed E-state index contributed by atoms with van der Waals surface area (Å²) in [5.41, 5.74) is 1.22. The van der Waals surface area contributed by atoms with Crippen molar-refractivity contribution in [2.75, 3.05) is 27.3 Å². The van der Waals surface area contributed by atoms with Gasteiger partial charge in [0.1, 0.15) is 5.75 Å². The van der Waals surface area contributed by atoms with Crippen molar-refractivity contribution in [3.8, 4) is 5.75 Å². The molecular weight excluding hydrogens is 429 g/mol. The molecular formula is C19H26IN3O2. The van der Waals surface area contributed by atoms with Crippen LogP contribution < -0.4 is 15.4 Å². The zero-order chi connectivity index (χ0) is 16.8. The van der Waals surface area contributed by atoms with Crippen molar-refractivity contribution in [2.24, 2.45) is 4.99 Å². The lowest BCUT2D eigenvalue weighted by Gasteiger charge is -2.15. The Bertz CT molecular complexity index is 715. The van der Waals surface area contributed by atoms with E-state index in [4.69, 9.17) is 9.47 Å². The molecule has 1 saturated heterocycles. The van der Waals surface area contributed by atoms with Gasteiger partial charge in [0, 0.05) is 26.7 Å². The van der Waals surface area contributed by atoms with Gasteiger partial charge in [-0.25, -0.2) is 0 Å². The van der Waals surface area contributed by atoms with E-state index in [9.17, 15) is 0 Å². The number of fused-ring (bicyclic) bond motifs is 1. The highest BCUT2D eigenvalue weighted by Gasteiger charge is 2.15. The first-order chi connectivity index (χ1) is 11.8. The van der Waals surface area contributed by atoms with Crippen molar-refractivity contribution in [3.05, 3.63) is 42.0 Å². The molecule has 3 rings (SSSR count). The van der Waals surface area contributed by atoms with Gasteiger partial charge >= 0.3 is 0 Å². The molecule has 0 bridgehead atoms. The first-order valence-electron chi connectivity index (χ1n) is 8.41. The third kappa shape index (κ3) is 5.47. The molecule has 0 aromatic heterocycles. The lowest BCUT2D eigenvalue weighted by atomic mass is 10.1. The maximum absolute atomic E-state index is 5.62. The van der Waals surface area contributed by atoms with E-state index in [1.807, 2.05) is 6.07 Å². The zero-order valence-corrected chi connectivity index (χ0v) is 17.1. The van der Waals surface area contributed by atoms with Crippen LogP contribution in [-0.4, -0.2) is 39.4 Å². The molecule has 1 atom stereocenters. The van der Waals surface area contributed by atoms with E-state index in [1.54, 1.807) is 14.2 Å². The monoisotopic (exact) mass is 455 g/mol. The van der Waals surface area contributed by atoms with Crippen molar-refractivity contribution in [2.45, 2.75) is 25.5 Å².